The summed E-state index contributed by atoms with van der Waals surface area (Å²) in [6.07, 6.45) is 3.36. The fraction of sp³-hybridized carbons (Fsp3) is 0.385. The highest BCUT2D eigenvalue weighted by Crippen LogP contribution is 2.51. The number of hydrogen-bond acceptors (Lipinski definition) is 7. The summed E-state index contributed by atoms with van der Waals surface area (Å²) in [4.78, 5) is 21.0. The second-order valence-corrected chi connectivity index (χ2v) is 10.8. The van der Waals surface area contributed by atoms with Crippen molar-refractivity contribution < 1.29 is 19.4 Å². The molecule has 7 nitrogen and oxygen atoms in total. The molecule has 0 bridgehead atoms. The summed E-state index contributed by atoms with van der Waals surface area (Å²) < 4.78 is 10.9. The maximum atomic E-state index is 13.3. The summed E-state index contributed by atoms with van der Waals surface area (Å²) in [7, 11) is 2.01. The van der Waals surface area contributed by atoms with Gasteiger partial charge in [-0.15, -0.1) is 0 Å². The second-order valence-electron chi connectivity index (χ2n) is 9.32. The van der Waals surface area contributed by atoms with E-state index >= 15 is 0 Å². The van der Waals surface area contributed by atoms with E-state index < -0.39 is 5.41 Å². The molecule has 35 heavy (non-hydrogen) atoms. The van der Waals surface area contributed by atoms with Gasteiger partial charge < -0.3 is 19.9 Å². The minimum atomic E-state index is -0.567. The van der Waals surface area contributed by atoms with Crippen LogP contribution < -0.4 is 14.8 Å². The van der Waals surface area contributed by atoms with Crippen molar-refractivity contribution in [1.29, 1.82) is 0 Å². The number of aliphatic hydroxyl groups is 1. The van der Waals surface area contributed by atoms with Gasteiger partial charge in [-0.2, -0.15) is 0 Å². The predicted molar refractivity (Wildman–Crippen MR) is 136 cm³/mol. The summed E-state index contributed by atoms with van der Waals surface area (Å²) in [5, 5.41) is 13.8. The van der Waals surface area contributed by atoms with E-state index in [0.717, 1.165) is 28.8 Å². The number of hydrogen-bond donors (Lipinski definition) is 2. The minimum absolute atomic E-state index is 0.0613. The first-order valence-corrected chi connectivity index (χ1v) is 12.8. The lowest BCUT2D eigenvalue weighted by molar-refractivity contribution is -0.118. The van der Waals surface area contributed by atoms with Gasteiger partial charge in [-0.3, -0.25) is 9.69 Å². The molecule has 2 aliphatic rings. The highest BCUT2D eigenvalue weighted by molar-refractivity contribution is 7.15. The summed E-state index contributed by atoms with van der Waals surface area (Å²) in [6.45, 7) is 2.99. The molecular formula is C26H28ClN3O4S. The normalized spacial score (nSPS) is 17.3. The number of aromatic nitrogens is 1. The summed E-state index contributed by atoms with van der Waals surface area (Å²) in [6, 6.07) is 13.3. The Hall–Kier alpha value is -2.65. The van der Waals surface area contributed by atoms with Crippen molar-refractivity contribution in [2.45, 2.75) is 31.2 Å². The molecule has 3 aromatic rings. The Morgan fingerprint density at radius 3 is 2.77 bits per heavy atom. The van der Waals surface area contributed by atoms with Crippen molar-refractivity contribution in [2.24, 2.45) is 5.92 Å². The SMILES string of the molecule is CC(CO)CN(C)C(c1cnc(NC(=O)C2(c3ccc4c(c3)OCO4)CC2)s1)c1ccccc1Cl. The van der Waals surface area contributed by atoms with Gasteiger partial charge in [0.1, 0.15) is 0 Å². The van der Waals surface area contributed by atoms with Gasteiger partial charge in [-0.1, -0.05) is 54.1 Å². The maximum Gasteiger partial charge on any atom is 0.236 e. The first-order chi connectivity index (χ1) is 16.9. The van der Waals surface area contributed by atoms with Crippen LogP contribution in [0.1, 0.15) is 41.8 Å². The van der Waals surface area contributed by atoms with E-state index in [4.69, 9.17) is 21.1 Å². The van der Waals surface area contributed by atoms with Crippen molar-refractivity contribution in [2.75, 3.05) is 32.3 Å². The number of thiazole rings is 1. The third-order valence-corrected chi connectivity index (χ3v) is 7.98. The fourth-order valence-electron chi connectivity index (χ4n) is 4.61. The van der Waals surface area contributed by atoms with E-state index in [1.54, 1.807) is 6.20 Å². The zero-order valence-electron chi connectivity index (χ0n) is 19.7. The monoisotopic (exact) mass is 513 g/mol. The highest BCUT2D eigenvalue weighted by atomic mass is 35.5. The van der Waals surface area contributed by atoms with E-state index in [1.165, 1.54) is 11.3 Å². The molecule has 1 aliphatic carbocycles. The van der Waals surface area contributed by atoms with E-state index in [9.17, 15) is 9.90 Å². The summed E-state index contributed by atoms with van der Waals surface area (Å²) in [5.41, 5.74) is 1.33. The van der Waals surface area contributed by atoms with Crippen LogP contribution >= 0.6 is 22.9 Å². The molecule has 1 aliphatic heterocycles. The van der Waals surface area contributed by atoms with Gasteiger partial charge in [0, 0.05) is 29.2 Å². The molecule has 1 saturated carbocycles. The van der Waals surface area contributed by atoms with E-state index in [1.807, 2.05) is 56.4 Å². The molecule has 1 aromatic heterocycles. The van der Waals surface area contributed by atoms with Crippen LogP contribution in [-0.2, 0) is 10.2 Å². The molecule has 1 fully saturated rings. The molecule has 2 aromatic carbocycles. The Morgan fingerprint density at radius 2 is 2.03 bits per heavy atom. The number of benzene rings is 2. The van der Waals surface area contributed by atoms with Crippen molar-refractivity contribution in [3.8, 4) is 11.5 Å². The first kappa shape index (κ1) is 24.1. The molecule has 2 N–H and O–H groups in total. The number of halogens is 1. The van der Waals surface area contributed by atoms with E-state index in [0.29, 0.717) is 28.2 Å². The zero-order valence-corrected chi connectivity index (χ0v) is 21.2. The highest BCUT2D eigenvalue weighted by Gasteiger charge is 2.52. The number of rotatable bonds is 9. The van der Waals surface area contributed by atoms with Gasteiger partial charge in [0.15, 0.2) is 16.6 Å². The van der Waals surface area contributed by atoms with Crippen LogP contribution in [0.25, 0.3) is 0 Å². The van der Waals surface area contributed by atoms with Crippen molar-refractivity contribution >= 4 is 34.0 Å². The standard InChI is InChI=1S/C26H28ClN3O4S/c1-16(14-31)13-30(2)23(18-5-3-4-6-19(18)27)22-12-28-25(35-22)29-24(32)26(9-10-26)17-7-8-20-21(11-17)34-15-33-20/h3-8,11-12,16,23,31H,9-10,13-15H2,1-2H3,(H,28,29,32). The molecule has 0 spiro atoms. The Labute approximate surface area is 213 Å². The quantitative estimate of drug-likeness (QED) is 0.426. The zero-order chi connectivity index (χ0) is 24.6. The molecule has 9 heteroatoms. The van der Waals surface area contributed by atoms with Crippen LogP contribution in [0.5, 0.6) is 11.5 Å². The lowest BCUT2D eigenvalue weighted by Crippen LogP contribution is -2.30. The van der Waals surface area contributed by atoms with Gasteiger partial charge in [-0.05, 0) is 55.1 Å². The lowest BCUT2D eigenvalue weighted by Gasteiger charge is -2.30. The molecule has 2 unspecified atom stereocenters. The number of fused-ring (bicyclic) bond motifs is 1. The van der Waals surface area contributed by atoms with Crippen LogP contribution in [0.2, 0.25) is 5.02 Å². The van der Waals surface area contributed by atoms with E-state index in [-0.39, 0.29) is 31.3 Å². The van der Waals surface area contributed by atoms with Crippen LogP contribution in [0.15, 0.2) is 48.7 Å². The first-order valence-electron chi connectivity index (χ1n) is 11.6. The molecule has 0 saturated heterocycles. The number of amides is 1. The van der Waals surface area contributed by atoms with Gasteiger partial charge in [0.05, 0.1) is 11.5 Å². The molecule has 5 rings (SSSR count). The number of carbonyl (C=O) groups excluding carboxylic acids is 1. The fourth-order valence-corrected chi connectivity index (χ4v) is 5.85. The Bertz CT molecular complexity index is 1230. The second kappa shape index (κ2) is 9.78. The van der Waals surface area contributed by atoms with Crippen LogP contribution in [-0.4, -0.2) is 47.9 Å². The molecular weight excluding hydrogens is 486 g/mol. The van der Waals surface area contributed by atoms with Crippen LogP contribution in [0.3, 0.4) is 0 Å². The number of aliphatic hydroxyl groups excluding tert-OH is 1. The molecule has 2 heterocycles. The predicted octanol–water partition coefficient (Wildman–Crippen LogP) is 4.85. The molecule has 1 amide bonds. The molecule has 0 radical (unpaired) electrons. The van der Waals surface area contributed by atoms with E-state index in [2.05, 4.69) is 15.2 Å². The number of carbonyl (C=O) groups is 1. The van der Waals surface area contributed by atoms with Gasteiger partial charge in [-0.25, -0.2) is 4.98 Å². The Balaban J connectivity index is 1.37. The van der Waals surface area contributed by atoms with Crippen molar-refractivity contribution in [1.82, 2.24) is 9.88 Å². The Kier molecular flexibility index (Phi) is 6.72. The average molecular weight is 514 g/mol. The van der Waals surface area contributed by atoms with Crippen LogP contribution in [0, 0.1) is 5.92 Å². The number of ether oxygens (including phenoxy) is 2. The topological polar surface area (TPSA) is 83.9 Å². The number of nitrogens with one attached hydrogen (secondary N) is 1. The van der Waals surface area contributed by atoms with Gasteiger partial charge in [0.25, 0.3) is 0 Å². The number of anilines is 1. The smallest absolute Gasteiger partial charge is 0.236 e. The lowest BCUT2D eigenvalue weighted by atomic mass is 9.94. The molecule has 184 valence electrons. The van der Waals surface area contributed by atoms with Crippen molar-refractivity contribution in [3.05, 3.63) is 69.7 Å². The van der Waals surface area contributed by atoms with Gasteiger partial charge in [0.2, 0.25) is 12.7 Å². The van der Waals surface area contributed by atoms with Crippen molar-refractivity contribution in [3.63, 3.8) is 0 Å². The largest absolute Gasteiger partial charge is 0.454 e. The summed E-state index contributed by atoms with van der Waals surface area (Å²) >= 11 is 8.01. The third kappa shape index (κ3) is 4.76. The third-order valence-electron chi connectivity index (χ3n) is 6.68. The minimum Gasteiger partial charge on any atom is -0.454 e. The maximum absolute atomic E-state index is 13.3. The molecule has 2 atom stereocenters. The average Bonchev–Trinajstić information content (AvgIpc) is 3.32. The van der Waals surface area contributed by atoms with Crippen LogP contribution in [0.4, 0.5) is 5.13 Å². The Morgan fingerprint density at radius 1 is 1.26 bits per heavy atom. The van der Waals surface area contributed by atoms with Gasteiger partial charge >= 0.3 is 0 Å². The summed E-state index contributed by atoms with van der Waals surface area (Å²) in [5.74, 6) is 1.43. The number of nitrogens with zero attached hydrogens (tertiary/aromatic N) is 2.